The molecule has 5 heteroatoms. The Hall–Kier alpha value is -1.88. The van der Waals surface area contributed by atoms with Crippen molar-refractivity contribution in [3.8, 4) is 0 Å². The number of carboxylic acid groups (broad SMARTS) is 1. The number of carboxylic acids is 1. The number of benzene rings is 1. The molecule has 0 spiro atoms. The summed E-state index contributed by atoms with van der Waals surface area (Å²) in [5.74, 6) is -1.31. The molecule has 0 radical (unpaired) electrons. The van der Waals surface area contributed by atoms with Crippen LogP contribution >= 0.6 is 0 Å². The fourth-order valence-electron chi connectivity index (χ4n) is 2.44. The quantitative estimate of drug-likeness (QED) is 0.769. The first-order valence-corrected chi connectivity index (χ1v) is 6.35. The first-order valence-electron chi connectivity index (χ1n) is 6.35. The van der Waals surface area contributed by atoms with Crippen molar-refractivity contribution >= 4 is 17.6 Å². The third kappa shape index (κ3) is 2.76. The molecule has 2 unspecified atom stereocenters. The molecule has 0 fully saturated rings. The summed E-state index contributed by atoms with van der Waals surface area (Å²) in [6, 6.07) is 5.46. The van der Waals surface area contributed by atoms with Crippen molar-refractivity contribution in [2.45, 2.75) is 25.8 Å². The van der Waals surface area contributed by atoms with Crippen LogP contribution in [-0.2, 0) is 16.0 Å². The van der Waals surface area contributed by atoms with Crippen LogP contribution in [0.15, 0.2) is 18.2 Å². The highest BCUT2D eigenvalue weighted by molar-refractivity contribution is 5.93. The lowest BCUT2D eigenvalue weighted by molar-refractivity contribution is -0.142. The maximum absolute atomic E-state index is 11.3. The second-order valence-corrected chi connectivity index (χ2v) is 4.86. The summed E-state index contributed by atoms with van der Waals surface area (Å²) < 4.78 is 0. The average Bonchev–Trinajstić information content (AvgIpc) is 2.39. The number of rotatable bonds is 4. The first kappa shape index (κ1) is 13.5. The zero-order valence-corrected chi connectivity index (χ0v) is 11.1. The van der Waals surface area contributed by atoms with Gasteiger partial charge in [0.1, 0.15) is 0 Å². The van der Waals surface area contributed by atoms with E-state index in [1.807, 2.05) is 18.2 Å². The summed E-state index contributed by atoms with van der Waals surface area (Å²) in [7, 11) is 1.76. The number of fused-ring (bicyclic) bond motifs is 1. The molecule has 1 amide bonds. The van der Waals surface area contributed by atoms with Gasteiger partial charge in [0.25, 0.3) is 0 Å². The number of nitrogens with one attached hydrogen (secondary N) is 2. The van der Waals surface area contributed by atoms with Crippen molar-refractivity contribution in [1.82, 2.24) is 5.32 Å². The van der Waals surface area contributed by atoms with Crippen LogP contribution in [0.4, 0.5) is 5.69 Å². The molecule has 0 saturated heterocycles. The highest BCUT2D eigenvalue weighted by atomic mass is 16.4. The number of hydrogen-bond donors (Lipinski definition) is 3. The Kier molecular flexibility index (Phi) is 3.85. The van der Waals surface area contributed by atoms with Crippen LogP contribution in [0.5, 0.6) is 0 Å². The number of aliphatic carboxylic acids is 1. The molecule has 3 N–H and O–H groups in total. The van der Waals surface area contributed by atoms with E-state index in [-0.39, 0.29) is 11.9 Å². The van der Waals surface area contributed by atoms with Crippen LogP contribution in [0.3, 0.4) is 0 Å². The topological polar surface area (TPSA) is 78.4 Å². The fraction of sp³-hybridized carbons (Fsp3) is 0.429. The molecule has 1 aliphatic heterocycles. The maximum atomic E-state index is 11.3. The van der Waals surface area contributed by atoms with Gasteiger partial charge in [-0.2, -0.15) is 0 Å². The zero-order chi connectivity index (χ0) is 14.0. The lowest BCUT2D eigenvalue weighted by atomic mass is 9.91. The Morgan fingerprint density at radius 2 is 2.16 bits per heavy atom. The van der Waals surface area contributed by atoms with Crippen molar-refractivity contribution in [2.24, 2.45) is 5.92 Å². The number of aryl methyl sites for hydroxylation is 1. The SMILES string of the molecule is CNC(c1ccc2c(c1)CCC(=O)N2)C(C)C(=O)O. The highest BCUT2D eigenvalue weighted by Gasteiger charge is 2.25. The summed E-state index contributed by atoms with van der Waals surface area (Å²) in [5, 5.41) is 15.0. The minimum absolute atomic E-state index is 0.0318. The Morgan fingerprint density at radius 1 is 1.42 bits per heavy atom. The van der Waals surface area contributed by atoms with E-state index in [9.17, 15) is 9.59 Å². The van der Waals surface area contributed by atoms with E-state index < -0.39 is 11.9 Å². The second kappa shape index (κ2) is 5.40. The molecule has 1 aliphatic rings. The predicted octanol–water partition coefficient (Wildman–Crippen LogP) is 1.55. The predicted molar refractivity (Wildman–Crippen MR) is 72.0 cm³/mol. The molecule has 102 valence electrons. The Labute approximate surface area is 112 Å². The van der Waals surface area contributed by atoms with E-state index >= 15 is 0 Å². The van der Waals surface area contributed by atoms with Crippen molar-refractivity contribution < 1.29 is 14.7 Å². The van der Waals surface area contributed by atoms with Gasteiger partial charge < -0.3 is 15.7 Å². The molecule has 2 rings (SSSR count). The molecule has 0 aromatic heterocycles. The van der Waals surface area contributed by atoms with Crippen molar-refractivity contribution in [2.75, 3.05) is 12.4 Å². The van der Waals surface area contributed by atoms with Crippen LogP contribution in [0, 0.1) is 5.92 Å². The number of carbonyl (C=O) groups excluding carboxylic acids is 1. The van der Waals surface area contributed by atoms with E-state index in [0.29, 0.717) is 12.8 Å². The van der Waals surface area contributed by atoms with Crippen LogP contribution in [0.2, 0.25) is 0 Å². The van der Waals surface area contributed by atoms with Crippen LogP contribution in [-0.4, -0.2) is 24.0 Å². The molecule has 2 atom stereocenters. The molecule has 5 nitrogen and oxygen atoms in total. The summed E-state index contributed by atoms with van der Waals surface area (Å²) in [4.78, 5) is 22.4. The van der Waals surface area contributed by atoms with Crippen LogP contribution in [0.25, 0.3) is 0 Å². The molecule has 19 heavy (non-hydrogen) atoms. The second-order valence-electron chi connectivity index (χ2n) is 4.86. The average molecular weight is 262 g/mol. The minimum atomic E-state index is -0.828. The standard InChI is InChI=1S/C14H18N2O3/c1-8(14(18)19)13(15-2)10-3-5-11-9(7-10)4-6-12(17)16-11/h3,5,7-8,13,15H,4,6H2,1-2H3,(H,16,17)(H,18,19). The Bertz CT molecular complexity index is 513. The summed E-state index contributed by atoms with van der Waals surface area (Å²) in [6.07, 6.45) is 1.18. The van der Waals surface area contributed by atoms with Crippen molar-refractivity contribution in [1.29, 1.82) is 0 Å². The van der Waals surface area contributed by atoms with Gasteiger partial charge >= 0.3 is 5.97 Å². The van der Waals surface area contributed by atoms with Gasteiger partial charge in [-0.3, -0.25) is 9.59 Å². The van der Waals surface area contributed by atoms with Crippen molar-refractivity contribution in [3.63, 3.8) is 0 Å². The zero-order valence-electron chi connectivity index (χ0n) is 11.1. The normalized spacial score (nSPS) is 17.3. The van der Waals surface area contributed by atoms with E-state index in [1.165, 1.54) is 0 Å². The lowest BCUT2D eigenvalue weighted by Gasteiger charge is -2.24. The molecule has 1 heterocycles. The van der Waals surface area contributed by atoms with Gasteiger partial charge in [0, 0.05) is 18.2 Å². The lowest BCUT2D eigenvalue weighted by Crippen LogP contribution is -2.29. The minimum Gasteiger partial charge on any atom is -0.481 e. The summed E-state index contributed by atoms with van der Waals surface area (Å²) >= 11 is 0. The molecule has 1 aromatic carbocycles. The van der Waals surface area contributed by atoms with Gasteiger partial charge in [-0.25, -0.2) is 0 Å². The summed E-state index contributed by atoms with van der Waals surface area (Å²) in [5.41, 5.74) is 2.83. The van der Waals surface area contributed by atoms with Gasteiger partial charge in [-0.05, 0) is 30.7 Å². The van der Waals surface area contributed by atoms with E-state index in [2.05, 4.69) is 10.6 Å². The maximum Gasteiger partial charge on any atom is 0.308 e. The molecule has 1 aromatic rings. The van der Waals surface area contributed by atoms with Gasteiger partial charge in [-0.15, -0.1) is 0 Å². The van der Waals surface area contributed by atoms with Gasteiger partial charge in [0.2, 0.25) is 5.91 Å². The number of anilines is 1. The highest BCUT2D eigenvalue weighted by Crippen LogP contribution is 2.29. The molecular weight excluding hydrogens is 244 g/mol. The number of hydrogen-bond acceptors (Lipinski definition) is 3. The monoisotopic (exact) mass is 262 g/mol. The third-order valence-corrected chi connectivity index (χ3v) is 3.58. The van der Waals surface area contributed by atoms with E-state index in [0.717, 1.165) is 16.8 Å². The summed E-state index contributed by atoms with van der Waals surface area (Å²) in [6.45, 7) is 1.69. The molecule has 0 aliphatic carbocycles. The molecule has 0 saturated carbocycles. The van der Waals surface area contributed by atoms with Gasteiger partial charge in [0.15, 0.2) is 0 Å². The Morgan fingerprint density at radius 3 is 2.79 bits per heavy atom. The smallest absolute Gasteiger partial charge is 0.308 e. The Balaban J connectivity index is 2.30. The van der Waals surface area contributed by atoms with Crippen LogP contribution < -0.4 is 10.6 Å². The van der Waals surface area contributed by atoms with E-state index in [4.69, 9.17) is 5.11 Å². The van der Waals surface area contributed by atoms with Gasteiger partial charge in [-0.1, -0.05) is 19.1 Å². The van der Waals surface area contributed by atoms with Gasteiger partial charge in [0.05, 0.1) is 5.92 Å². The van der Waals surface area contributed by atoms with Crippen LogP contribution in [0.1, 0.15) is 30.5 Å². The molecular formula is C14H18N2O3. The van der Waals surface area contributed by atoms with Crippen molar-refractivity contribution in [3.05, 3.63) is 29.3 Å². The number of amides is 1. The first-order chi connectivity index (χ1) is 9.02. The van der Waals surface area contributed by atoms with E-state index in [1.54, 1.807) is 14.0 Å². The molecule has 0 bridgehead atoms. The third-order valence-electron chi connectivity index (χ3n) is 3.58. The largest absolute Gasteiger partial charge is 0.481 e. The fourth-order valence-corrected chi connectivity index (χ4v) is 2.44. The number of carbonyl (C=O) groups is 2.